The highest BCUT2D eigenvalue weighted by Crippen LogP contribution is 2.26. The maximum atomic E-state index is 12.3. The van der Waals surface area contributed by atoms with Crippen LogP contribution in [-0.2, 0) is 22.6 Å². The maximum absolute atomic E-state index is 12.3. The van der Waals surface area contributed by atoms with Gasteiger partial charge in [-0.1, -0.05) is 18.2 Å². The van der Waals surface area contributed by atoms with Crippen molar-refractivity contribution in [2.75, 3.05) is 5.32 Å². The van der Waals surface area contributed by atoms with Gasteiger partial charge in [-0.05, 0) is 30.0 Å². The fourth-order valence-corrected chi connectivity index (χ4v) is 4.92. The number of aryl methyl sites for hydroxylation is 1. The average Bonchev–Trinajstić information content (AvgIpc) is 3.49. The van der Waals surface area contributed by atoms with Crippen LogP contribution in [0.25, 0.3) is 10.6 Å². The van der Waals surface area contributed by atoms with E-state index < -0.39 is 5.97 Å². The van der Waals surface area contributed by atoms with E-state index in [1.54, 1.807) is 22.1 Å². The zero-order valence-electron chi connectivity index (χ0n) is 16.0. The molecule has 9 heteroatoms. The molecule has 0 aliphatic carbocycles. The molecule has 152 valence electrons. The summed E-state index contributed by atoms with van der Waals surface area (Å²) in [6.45, 7) is 1.98. The number of aromatic nitrogens is 2. The van der Waals surface area contributed by atoms with Gasteiger partial charge in [0.2, 0.25) is 5.91 Å². The first kappa shape index (κ1) is 20.4. The van der Waals surface area contributed by atoms with Gasteiger partial charge in [0, 0.05) is 27.4 Å². The first-order valence-corrected chi connectivity index (χ1v) is 11.7. The van der Waals surface area contributed by atoms with E-state index in [2.05, 4.69) is 15.3 Å². The summed E-state index contributed by atoms with van der Waals surface area (Å²) >= 11 is 4.36. The first-order valence-electron chi connectivity index (χ1n) is 9.02. The second-order valence-electron chi connectivity index (χ2n) is 6.40. The second kappa shape index (κ2) is 9.29. The van der Waals surface area contributed by atoms with Crippen LogP contribution in [0.15, 0.2) is 51.9 Å². The minimum Gasteiger partial charge on any atom is -0.454 e. The lowest BCUT2D eigenvalue weighted by atomic mass is 10.2. The van der Waals surface area contributed by atoms with Gasteiger partial charge in [0.1, 0.15) is 16.6 Å². The number of nitrogens with zero attached hydrogens (tertiary/aromatic N) is 2. The van der Waals surface area contributed by atoms with Crippen LogP contribution in [0.4, 0.5) is 5.69 Å². The Morgan fingerprint density at radius 2 is 1.93 bits per heavy atom. The van der Waals surface area contributed by atoms with Crippen LogP contribution in [0.2, 0.25) is 0 Å². The summed E-state index contributed by atoms with van der Waals surface area (Å²) in [7, 11) is 0. The van der Waals surface area contributed by atoms with Crippen LogP contribution in [0.1, 0.15) is 26.8 Å². The Balaban J connectivity index is 1.30. The molecule has 30 heavy (non-hydrogen) atoms. The molecule has 3 aromatic heterocycles. The van der Waals surface area contributed by atoms with Crippen LogP contribution in [0.5, 0.6) is 0 Å². The summed E-state index contributed by atoms with van der Waals surface area (Å²) in [5.74, 6) is -0.620. The van der Waals surface area contributed by atoms with E-state index in [0.29, 0.717) is 10.7 Å². The van der Waals surface area contributed by atoms with Crippen LogP contribution in [-0.4, -0.2) is 21.8 Å². The molecule has 4 aromatic rings. The van der Waals surface area contributed by atoms with Gasteiger partial charge in [-0.15, -0.1) is 22.7 Å². The number of para-hydroxylation sites is 1. The molecule has 0 atom stereocenters. The average molecular weight is 456 g/mol. The minimum atomic E-state index is -0.487. The summed E-state index contributed by atoms with van der Waals surface area (Å²) in [6, 6.07) is 9.57. The molecule has 0 aliphatic rings. The minimum absolute atomic E-state index is 0.0417. The standard InChI is InChI=1S/C21H17N3O3S3/c1-13-4-2-3-5-16(13)23-18(25)8-19-22-15(11-29-19)9-27-21(26)17-12-30-20(24-17)14-6-7-28-10-14/h2-7,10-12H,8-9H2,1H3,(H,23,25). The largest absolute Gasteiger partial charge is 0.454 e. The molecular weight excluding hydrogens is 438 g/mol. The van der Waals surface area contributed by atoms with Gasteiger partial charge < -0.3 is 10.1 Å². The number of hydrogen-bond acceptors (Lipinski definition) is 8. The van der Waals surface area contributed by atoms with Crippen molar-refractivity contribution in [2.45, 2.75) is 20.0 Å². The van der Waals surface area contributed by atoms with Crippen LogP contribution in [0.3, 0.4) is 0 Å². The van der Waals surface area contributed by atoms with E-state index in [0.717, 1.165) is 21.8 Å². The smallest absolute Gasteiger partial charge is 0.358 e. The van der Waals surface area contributed by atoms with Gasteiger partial charge in [0.25, 0.3) is 0 Å². The van der Waals surface area contributed by atoms with Gasteiger partial charge in [0.15, 0.2) is 5.69 Å². The third-order valence-electron chi connectivity index (χ3n) is 4.16. The topological polar surface area (TPSA) is 81.2 Å². The molecule has 3 heterocycles. The molecule has 0 fully saturated rings. The number of ether oxygens (including phenoxy) is 1. The van der Waals surface area contributed by atoms with Crippen molar-refractivity contribution in [2.24, 2.45) is 0 Å². The van der Waals surface area contributed by atoms with E-state index >= 15 is 0 Å². The highest BCUT2D eigenvalue weighted by atomic mass is 32.1. The molecule has 6 nitrogen and oxygen atoms in total. The van der Waals surface area contributed by atoms with Crippen molar-refractivity contribution in [1.29, 1.82) is 0 Å². The Bertz CT molecular complexity index is 1170. The van der Waals surface area contributed by atoms with Gasteiger partial charge in [-0.25, -0.2) is 14.8 Å². The fraction of sp³-hybridized carbons (Fsp3) is 0.143. The molecule has 0 saturated heterocycles. The SMILES string of the molecule is Cc1ccccc1NC(=O)Cc1nc(COC(=O)c2csc(-c3ccsc3)n2)cs1. The molecule has 0 unspecified atom stereocenters. The number of amides is 1. The van der Waals surface area contributed by atoms with Crippen LogP contribution in [0, 0.1) is 6.92 Å². The van der Waals surface area contributed by atoms with Gasteiger partial charge in [-0.3, -0.25) is 4.79 Å². The quantitative estimate of drug-likeness (QED) is 0.389. The number of thiazole rings is 2. The number of benzene rings is 1. The Hall–Kier alpha value is -2.88. The van der Waals surface area contributed by atoms with E-state index in [4.69, 9.17) is 4.74 Å². The second-order valence-corrected chi connectivity index (χ2v) is 8.98. The highest BCUT2D eigenvalue weighted by Gasteiger charge is 2.15. The van der Waals surface area contributed by atoms with E-state index in [1.165, 1.54) is 22.7 Å². The number of carbonyl (C=O) groups excluding carboxylic acids is 2. The lowest BCUT2D eigenvalue weighted by Gasteiger charge is -2.06. The highest BCUT2D eigenvalue weighted by molar-refractivity contribution is 7.14. The first-order chi connectivity index (χ1) is 14.6. The summed E-state index contributed by atoms with van der Waals surface area (Å²) in [4.78, 5) is 33.2. The van der Waals surface area contributed by atoms with Gasteiger partial charge in [0.05, 0.1) is 12.1 Å². The monoisotopic (exact) mass is 455 g/mol. The van der Waals surface area contributed by atoms with Crippen molar-refractivity contribution < 1.29 is 14.3 Å². The number of thiophene rings is 1. The molecule has 0 aliphatic heterocycles. The lowest BCUT2D eigenvalue weighted by Crippen LogP contribution is -2.15. The van der Waals surface area contributed by atoms with Crippen molar-refractivity contribution in [3.63, 3.8) is 0 Å². The zero-order valence-corrected chi connectivity index (χ0v) is 18.4. The molecule has 1 aromatic carbocycles. The molecule has 1 amide bonds. The van der Waals surface area contributed by atoms with Crippen molar-refractivity contribution in [3.05, 3.63) is 73.8 Å². The fourth-order valence-electron chi connectivity index (χ4n) is 2.64. The van der Waals surface area contributed by atoms with Gasteiger partial charge in [-0.2, -0.15) is 11.3 Å². The zero-order chi connectivity index (χ0) is 20.9. The summed E-state index contributed by atoms with van der Waals surface area (Å²) in [5.41, 5.74) is 3.69. The van der Waals surface area contributed by atoms with Crippen molar-refractivity contribution >= 4 is 51.6 Å². The number of anilines is 1. The summed E-state index contributed by atoms with van der Waals surface area (Å²) in [5, 5.41) is 11.8. The Kier molecular flexibility index (Phi) is 6.32. The van der Waals surface area contributed by atoms with Crippen LogP contribution >= 0.6 is 34.0 Å². The van der Waals surface area contributed by atoms with E-state index in [1.807, 2.05) is 48.0 Å². The Morgan fingerprint density at radius 1 is 1.07 bits per heavy atom. The third kappa shape index (κ3) is 4.99. The van der Waals surface area contributed by atoms with E-state index in [-0.39, 0.29) is 24.6 Å². The molecule has 0 spiro atoms. The number of hydrogen-bond donors (Lipinski definition) is 1. The normalized spacial score (nSPS) is 10.7. The molecule has 0 saturated carbocycles. The predicted octanol–water partition coefficient (Wildman–Crippen LogP) is 5.17. The lowest BCUT2D eigenvalue weighted by molar-refractivity contribution is -0.115. The molecule has 0 bridgehead atoms. The third-order valence-corrected chi connectivity index (χ3v) is 6.64. The number of rotatable bonds is 7. The van der Waals surface area contributed by atoms with Gasteiger partial charge >= 0.3 is 5.97 Å². The predicted molar refractivity (Wildman–Crippen MR) is 120 cm³/mol. The Morgan fingerprint density at radius 3 is 2.73 bits per heavy atom. The van der Waals surface area contributed by atoms with E-state index in [9.17, 15) is 9.59 Å². The molecule has 4 rings (SSSR count). The number of nitrogens with one attached hydrogen (secondary N) is 1. The number of carbonyl (C=O) groups is 2. The summed E-state index contributed by atoms with van der Waals surface area (Å²) in [6.07, 6.45) is 0.170. The number of esters is 1. The summed E-state index contributed by atoms with van der Waals surface area (Å²) < 4.78 is 5.33. The van der Waals surface area contributed by atoms with Crippen molar-refractivity contribution in [3.8, 4) is 10.6 Å². The van der Waals surface area contributed by atoms with Crippen molar-refractivity contribution in [1.82, 2.24) is 9.97 Å². The molecule has 1 N–H and O–H groups in total. The molecular formula is C21H17N3O3S3. The maximum Gasteiger partial charge on any atom is 0.358 e. The molecule has 0 radical (unpaired) electrons. The Labute approximate surface area is 185 Å². The van der Waals surface area contributed by atoms with Crippen LogP contribution < -0.4 is 5.32 Å².